The van der Waals surface area contributed by atoms with E-state index < -0.39 is 0 Å². The third kappa shape index (κ3) is 2.47. The van der Waals surface area contributed by atoms with E-state index in [2.05, 4.69) is 29.2 Å². The Morgan fingerprint density at radius 2 is 2.16 bits per heavy atom. The fraction of sp³-hybridized carbons (Fsp3) is 0.312. The van der Waals surface area contributed by atoms with Crippen LogP contribution in [0.25, 0.3) is 0 Å². The van der Waals surface area contributed by atoms with Crippen LogP contribution in [0.2, 0.25) is 0 Å². The maximum Gasteiger partial charge on any atom is 0.142 e. The molecule has 2 N–H and O–H groups in total. The highest BCUT2D eigenvalue weighted by Crippen LogP contribution is 2.34. The molecule has 1 atom stereocenters. The maximum atomic E-state index is 6.16. The Morgan fingerprint density at radius 1 is 1.26 bits per heavy atom. The van der Waals surface area contributed by atoms with E-state index >= 15 is 0 Å². The van der Waals surface area contributed by atoms with E-state index in [1.807, 2.05) is 6.07 Å². The number of hydrogen-bond acceptors (Lipinski definition) is 3. The standard InChI is InChI=1S/C16H18N2O/c17-10-13-8-9-18-11-16(13)19-15-7-3-5-12-4-1-2-6-14(12)15/h1-2,4,6,8-9,11,15H,3,5,7,10,17H2. The highest BCUT2D eigenvalue weighted by atomic mass is 16.5. The molecule has 0 spiro atoms. The van der Waals surface area contributed by atoms with Crippen molar-refractivity contribution in [1.82, 2.24) is 4.98 Å². The van der Waals surface area contributed by atoms with Gasteiger partial charge in [-0.2, -0.15) is 0 Å². The number of aromatic nitrogens is 1. The molecule has 3 rings (SSSR count). The minimum Gasteiger partial charge on any atom is -0.484 e. The fourth-order valence-corrected chi connectivity index (χ4v) is 2.67. The number of benzene rings is 1. The number of aryl methyl sites for hydroxylation is 1. The molecule has 1 aromatic heterocycles. The van der Waals surface area contributed by atoms with E-state index in [9.17, 15) is 0 Å². The van der Waals surface area contributed by atoms with Gasteiger partial charge in [0.15, 0.2) is 0 Å². The van der Waals surface area contributed by atoms with Gasteiger partial charge in [0, 0.05) is 18.3 Å². The molecule has 1 aliphatic rings. The van der Waals surface area contributed by atoms with Gasteiger partial charge in [0.25, 0.3) is 0 Å². The Kier molecular flexibility index (Phi) is 3.47. The molecule has 0 amide bonds. The van der Waals surface area contributed by atoms with Crippen LogP contribution in [-0.4, -0.2) is 4.98 Å². The second-order valence-electron chi connectivity index (χ2n) is 4.89. The normalized spacial score (nSPS) is 17.8. The minimum absolute atomic E-state index is 0.124. The first kappa shape index (κ1) is 12.2. The number of ether oxygens (including phenoxy) is 1. The third-order valence-corrected chi connectivity index (χ3v) is 3.67. The van der Waals surface area contributed by atoms with E-state index in [0.29, 0.717) is 6.54 Å². The van der Waals surface area contributed by atoms with Crippen molar-refractivity contribution < 1.29 is 4.74 Å². The van der Waals surface area contributed by atoms with Crippen LogP contribution >= 0.6 is 0 Å². The van der Waals surface area contributed by atoms with Crippen LogP contribution in [-0.2, 0) is 13.0 Å². The van der Waals surface area contributed by atoms with Gasteiger partial charge in [-0.1, -0.05) is 24.3 Å². The Hall–Kier alpha value is -1.87. The average Bonchev–Trinajstić information content (AvgIpc) is 2.48. The van der Waals surface area contributed by atoms with Crippen molar-refractivity contribution in [3.8, 4) is 5.75 Å². The van der Waals surface area contributed by atoms with E-state index in [4.69, 9.17) is 10.5 Å². The molecule has 3 heteroatoms. The molecule has 1 aromatic carbocycles. The second kappa shape index (κ2) is 5.41. The van der Waals surface area contributed by atoms with Crippen LogP contribution in [0.5, 0.6) is 5.75 Å². The predicted molar refractivity (Wildman–Crippen MR) is 74.9 cm³/mol. The summed E-state index contributed by atoms with van der Waals surface area (Å²) >= 11 is 0. The van der Waals surface area contributed by atoms with Gasteiger partial charge in [-0.25, -0.2) is 0 Å². The lowest BCUT2D eigenvalue weighted by Crippen LogP contribution is -2.16. The highest BCUT2D eigenvalue weighted by molar-refractivity contribution is 5.34. The molecule has 0 saturated carbocycles. The quantitative estimate of drug-likeness (QED) is 0.916. The van der Waals surface area contributed by atoms with Crippen molar-refractivity contribution in [3.63, 3.8) is 0 Å². The summed E-state index contributed by atoms with van der Waals surface area (Å²) in [7, 11) is 0. The monoisotopic (exact) mass is 254 g/mol. The van der Waals surface area contributed by atoms with Crippen LogP contribution in [0.15, 0.2) is 42.7 Å². The fourth-order valence-electron chi connectivity index (χ4n) is 2.67. The number of fused-ring (bicyclic) bond motifs is 1. The maximum absolute atomic E-state index is 6.16. The van der Waals surface area contributed by atoms with E-state index in [0.717, 1.165) is 24.2 Å². The first-order valence-corrected chi connectivity index (χ1v) is 6.76. The van der Waals surface area contributed by atoms with Crippen LogP contribution in [0, 0.1) is 0 Å². The topological polar surface area (TPSA) is 48.1 Å². The molecule has 0 fully saturated rings. The third-order valence-electron chi connectivity index (χ3n) is 3.67. The zero-order valence-electron chi connectivity index (χ0n) is 10.9. The van der Waals surface area contributed by atoms with E-state index in [1.54, 1.807) is 12.4 Å². The SMILES string of the molecule is NCc1ccncc1OC1CCCc2ccccc21. The van der Waals surface area contributed by atoms with Crippen molar-refractivity contribution in [1.29, 1.82) is 0 Å². The molecule has 0 bridgehead atoms. The van der Waals surface area contributed by atoms with Crippen LogP contribution in [0.1, 0.15) is 35.6 Å². The van der Waals surface area contributed by atoms with Crippen molar-refractivity contribution in [2.24, 2.45) is 5.73 Å². The Balaban J connectivity index is 1.88. The van der Waals surface area contributed by atoms with Gasteiger partial charge in [0.2, 0.25) is 0 Å². The number of nitrogens with zero attached hydrogens (tertiary/aromatic N) is 1. The van der Waals surface area contributed by atoms with Gasteiger partial charge in [-0.3, -0.25) is 4.98 Å². The van der Waals surface area contributed by atoms with Gasteiger partial charge in [0.1, 0.15) is 11.9 Å². The lowest BCUT2D eigenvalue weighted by atomic mass is 9.89. The molecular weight excluding hydrogens is 236 g/mol. The van der Waals surface area contributed by atoms with Crippen molar-refractivity contribution >= 4 is 0 Å². The van der Waals surface area contributed by atoms with Crippen LogP contribution in [0.4, 0.5) is 0 Å². The number of pyridine rings is 1. The number of hydrogen-bond donors (Lipinski definition) is 1. The largest absolute Gasteiger partial charge is 0.484 e. The molecule has 98 valence electrons. The molecule has 1 heterocycles. The average molecular weight is 254 g/mol. The number of rotatable bonds is 3. The summed E-state index contributed by atoms with van der Waals surface area (Å²) in [5.74, 6) is 0.812. The van der Waals surface area contributed by atoms with Gasteiger partial charge in [-0.15, -0.1) is 0 Å². The molecule has 1 unspecified atom stereocenters. The van der Waals surface area contributed by atoms with Crippen LogP contribution < -0.4 is 10.5 Å². The molecule has 1 aliphatic carbocycles. The summed E-state index contributed by atoms with van der Waals surface area (Å²) in [6.45, 7) is 0.478. The summed E-state index contributed by atoms with van der Waals surface area (Å²) in [6.07, 6.45) is 7.01. The Bertz CT molecular complexity index is 568. The summed E-state index contributed by atoms with van der Waals surface area (Å²) in [5, 5.41) is 0. The highest BCUT2D eigenvalue weighted by Gasteiger charge is 2.21. The summed E-state index contributed by atoms with van der Waals surface area (Å²) in [4.78, 5) is 4.13. The molecule has 2 aromatic rings. The van der Waals surface area contributed by atoms with Gasteiger partial charge >= 0.3 is 0 Å². The van der Waals surface area contributed by atoms with Gasteiger partial charge < -0.3 is 10.5 Å². The first-order valence-electron chi connectivity index (χ1n) is 6.76. The van der Waals surface area contributed by atoms with Crippen molar-refractivity contribution in [2.75, 3.05) is 0 Å². The predicted octanol–water partition coefficient (Wildman–Crippen LogP) is 3.00. The van der Waals surface area contributed by atoms with Gasteiger partial charge in [0.05, 0.1) is 6.20 Å². The molecule has 19 heavy (non-hydrogen) atoms. The molecule has 0 radical (unpaired) electrons. The number of nitrogens with two attached hydrogens (primary N) is 1. The summed E-state index contributed by atoms with van der Waals surface area (Å²) in [6, 6.07) is 10.4. The zero-order valence-corrected chi connectivity index (χ0v) is 10.9. The van der Waals surface area contributed by atoms with Crippen molar-refractivity contribution in [2.45, 2.75) is 31.9 Å². The smallest absolute Gasteiger partial charge is 0.142 e. The molecule has 3 nitrogen and oxygen atoms in total. The Labute approximate surface area is 113 Å². The summed E-state index contributed by atoms with van der Waals surface area (Å²) in [5.41, 5.74) is 9.46. The molecule has 0 aliphatic heterocycles. The minimum atomic E-state index is 0.124. The lowest BCUT2D eigenvalue weighted by molar-refractivity contribution is 0.181. The van der Waals surface area contributed by atoms with E-state index in [1.165, 1.54) is 17.5 Å². The summed E-state index contributed by atoms with van der Waals surface area (Å²) < 4.78 is 6.16. The van der Waals surface area contributed by atoms with Crippen LogP contribution in [0.3, 0.4) is 0 Å². The van der Waals surface area contributed by atoms with E-state index in [-0.39, 0.29) is 6.10 Å². The second-order valence-corrected chi connectivity index (χ2v) is 4.89. The Morgan fingerprint density at radius 3 is 3.05 bits per heavy atom. The lowest BCUT2D eigenvalue weighted by Gasteiger charge is -2.26. The van der Waals surface area contributed by atoms with Gasteiger partial charge in [-0.05, 0) is 36.5 Å². The zero-order chi connectivity index (χ0) is 13.1. The first-order chi connectivity index (χ1) is 9.38. The molecular formula is C16H18N2O. The molecule has 0 saturated heterocycles. The van der Waals surface area contributed by atoms with Crippen molar-refractivity contribution in [3.05, 3.63) is 59.4 Å².